The number of carbonyl (C=O) groups is 2. The Balaban J connectivity index is 2.69. The lowest BCUT2D eigenvalue weighted by Gasteiger charge is -2.19. The maximum absolute atomic E-state index is 11.8. The van der Waals surface area contributed by atoms with Crippen molar-refractivity contribution >= 4 is 11.9 Å². The number of nitrogens with one attached hydrogen (secondary N) is 1. The zero-order valence-electron chi connectivity index (χ0n) is 10.0. The lowest BCUT2D eigenvalue weighted by Crippen LogP contribution is -2.39. The Kier molecular flexibility index (Phi) is 3.77. The maximum atomic E-state index is 11.8. The summed E-state index contributed by atoms with van der Waals surface area (Å²) in [5.74, 6) is -1.32. The Labute approximate surface area is 99.1 Å². The highest BCUT2D eigenvalue weighted by Gasteiger charge is 2.27. The number of nitrogens with zero attached hydrogens (tertiary/aromatic N) is 2. The van der Waals surface area contributed by atoms with Crippen LogP contribution in [0, 0.1) is 12.3 Å². The molecule has 6 heteroatoms. The average molecular weight is 237 g/mol. The SMILES string of the molecule is Cc1ncncc1C(=O)NCC(C)(C)C(=O)O. The average Bonchev–Trinajstić information content (AvgIpc) is 2.26. The van der Waals surface area contributed by atoms with Crippen LogP contribution in [0.2, 0.25) is 0 Å². The summed E-state index contributed by atoms with van der Waals surface area (Å²) in [6.45, 7) is 4.84. The monoisotopic (exact) mass is 237 g/mol. The third-order valence-electron chi connectivity index (χ3n) is 2.43. The van der Waals surface area contributed by atoms with Crippen molar-refractivity contribution in [1.82, 2.24) is 15.3 Å². The van der Waals surface area contributed by atoms with Gasteiger partial charge < -0.3 is 10.4 Å². The molecule has 6 nitrogen and oxygen atoms in total. The molecule has 17 heavy (non-hydrogen) atoms. The molecule has 1 rings (SSSR count). The normalized spacial score (nSPS) is 11.0. The highest BCUT2D eigenvalue weighted by molar-refractivity contribution is 5.95. The molecule has 1 amide bonds. The predicted molar refractivity (Wildman–Crippen MR) is 60.5 cm³/mol. The number of carboxylic acids is 1. The van der Waals surface area contributed by atoms with Gasteiger partial charge in [-0.1, -0.05) is 0 Å². The number of carbonyl (C=O) groups excluding carboxylic acids is 1. The molecular weight excluding hydrogens is 222 g/mol. The fraction of sp³-hybridized carbons (Fsp3) is 0.455. The summed E-state index contributed by atoms with van der Waals surface area (Å²) in [5.41, 5.74) is -0.0848. The van der Waals surface area contributed by atoms with Gasteiger partial charge in [0.2, 0.25) is 0 Å². The molecule has 1 aromatic rings. The fourth-order valence-corrected chi connectivity index (χ4v) is 1.09. The van der Waals surface area contributed by atoms with E-state index in [4.69, 9.17) is 5.11 Å². The molecule has 0 aliphatic carbocycles. The fourth-order valence-electron chi connectivity index (χ4n) is 1.09. The lowest BCUT2D eigenvalue weighted by molar-refractivity contribution is -0.146. The molecule has 0 aromatic carbocycles. The van der Waals surface area contributed by atoms with Gasteiger partial charge >= 0.3 is 5.97 Å². The second kappa shape index (κ2) is 4.90. The van der Waals surface area contributed by atoms with Crippen molar-refractivity contribution in [2.24, 2.45) is 5.41 Å². The summed E-state index contributed by atoms with van der Waals surface area (Å²) in [5, 5.41) is 11.5. The zero-order chi connectivity index (χ0) is 13.1. The first-order chi connectivity index (χ1) is 7.84. The number of carboxylic acid groups (broad SMARTS) is 1. The topological polar surface area (TPSA) is 92.2 Å². The Morgan fingerprint density at radius 2 is 2.12 bits per heavy atom. The van der Waals surface area contributed by atoms with Crippen LogP contribution in [0.15, 0.2) is 12.5 Å². The molecule has 0 fully saturated rings. The molecular formula is C11H15N3O3. The van der Waals surface area contributed by atoms with Crippen LogP contribution in [0.3, 0.4) is 0 Å². The van der Waals surface area contributed by atoms with Crippen molar-refractivity contribution < 1.29 is 14.7 Å². The zero-order valence-corrected chi connectivity index (χ0v) is 10.0. The third-order valence-corrected chi connectivity index (χ3v) is 2.43. The van der Waals surface area contributed by atoms with E-state index in [9.17, 15) is 9.59 Å². The van der Waals surface area contributed by atoms with Crippen molar-refractivity contribution in [2.75, 3.05) is 6.54 Å². The van der Waals surface area contributed by atoms with Gasteiger partial charge in [-0.15, -0.1) is 0 Å². The van der Waals surface area contributed by atoms with Crippen molar-refractivity contribution in [1.29, 1.82) is 0 Å². The first-order valence-corrected chi connectivity index (χ1v) is 5.13. The molecule has 92 valence electrons. The van der Waals surface area contributed by atoms with E-state index in [1.165, 1.54) is 12.5 Å². The first kappa shape index (κ1) is 13.1. The summed E-state index contributed by atoms with van der Waals surface area (Å²) < 4.78 is 0. The lowest BCUT2D eigenvalue weighted by atomic mass is 9.94. The highest BCUT2D eigenvalue weighted by atomic mass is 16.4. The Morgan fingerprint density at radius 3 is 2.65 bits per heavy atom. The molecule has 0 saturated heterocycles. The molecule has 0 radical (unpaired) electrons. The van der Waals surface area contributed by atoms with E-state index in [0.717, 1.165) is 0 Å². The van der Waals surface area contributed by atoms with Crippen molar-refractivity contribution in [2.45, 2.75) is 20.8 Å². The number of aryl methyl sites for hydroxylation is 1. The minimum absolute atomic E-state index is 0.0511. The predicted octanol–water partition coefficient (Wildman–Crippen LogP) is 0.626. The smallest absolute Gasteiger partial charge is 0.310 e. The standard InChI is InChI=1S/C11H15N3O3/c1-7-8(4-12-6-14-7)9(15)13-5-11(2,3)10(16)17/h4,6H,5H2,1-3H3,(H,13,15)(H,16,17). The van der Waals surface area contributed by atoms with Gasteiger partial charge in [0.25, 0.3) is 5.91 Å². The van der Waals surface area contributed by atoms with Crippen molar-refractivity contribution in [3.8, 4) is 0 Å². The molecule has 2 N–H and O–H groups in total. The van der Waals surface area contributed by atoms with Gasteiger partial charge in [-0.05, 0) is 20.8 Å². The van der Waals surface area contributed by atoms with Gasteiger partial charge in [0, 0.05) is 12.7 Å². The molecule has 0 atom stereocenters. The van der Waals surface area contributed by atoms with Gasteiger partial charge in [-0.2, -0.15) is 0 Å². The minimum Gasteiger partial charge on any atom is -0.481 e. The molecule has 0 bridgehead atoms. The van der Waals surface area contributed by atoms with Gasteiger partial charge in [0.1, 0.15) is 6.33 Å². The molecule has 0 saturated carbocycles. The molecule has 0 spiro atoms. The molecule has 0 unspecified atom stereocenters. The Bertz CT molecular complexity index is 443. The van der Waals surface area contributed by atoms with Crippen LogP contribution in [-0.2, 0) is 4.79 Å². The molecule has 1 aromatic heterocycles. The number of rotatable bonds is 4. The summed E-state index contributed by atoms with van der Waals surface area (Å²) in [6.07, 6.45) is 2.76. The second-order valence-corrected chi connectivity index (χ2v) is 4.39. The molecule has 1 heterocycles. The maximum Gasteiger partial charge on any atom is 0.310 e. The summed E-state index contributed by atoms with van der Waals surface area (Å²) in [6, 6.07) is 0. The highest BCUT2D eigenvalue weighted by Crippen LogP contribution is 2.13. The first-order valence-electron chi connectivity index (χ1n) is 5.13. The number of aliphatic carboxylic acids is 1. The van der Waals surface area contributed by atoms with Crippen LogP contribution in [0.5, 0.6) is 0 Å². The van der Waals surface area contributed by atoms with E-state index in [2.05, 4.69) is 15.3 Å². The number of hydrogen-bond acceptors (Lipinski definition) is 4. The largest absolute Gasteiger partial charge is 0.481 e. The third kappa shape index (κ3) is 3.24. The van der Waals surface area contributed by atoms with E-state index < -0.39 is 11.4 Å². The number of aromatic nitrogens is 2. The summed E-state index contributed by atoms with van der Waals surface area (Å²) in [4.78, 5) is 30.3. The van der Waals surface area contributed by atoms with Gasteiger partial charge in [0.15, 0.2) is 0 Å². The number of hydrogen-bond donors (Lipinski definition) is 2. The second-order valence-electron chi connectivity index (χ2n) is 4.39. The molecule has 0 aliphatic rings. The quantitative estimate of drug-likeness (QED) is 0.801. The van der Waals surface area contributed by atoms with Gasteiger partial charge in [-0.25, -0.2) is 9.97 Å². The Hall–Kier alpha value is -1.98. The van der Waals surface area contributed by atoms with Gasteiger partial charge in [-0.3, -0.25) is 9.59 Å². The van der Waals surface area contributed by atoms with Crippen LogP contribution in [0.1, 0.15) is 29.9 Å². The van der Waals surface area contributed by atoms with E-state index in [0.29, 0.717) is 11.3 Å². The van der Waals surface area contributed by atoms with E-state index in [1.54, 1.807) is 20.8 Å². The van der Waals surface area contributed by atoms with Crippen molar-refractivity contribution in [3.63, 3.8) is 0 Å². The summed E-state index contributed by atoms with van der Waals surface area (Å²) in [7, 11) is 0. The van der Waals surface area contributed by atoms with E-state index >= 15 is 0 Å². The van der Waals surface area contributed by atoms with Crippen LogP contribution in [-0.4, -0.2) is 33.5 Å². The summed E-state index contributed by atoms with van der Waals surface area (Å²) >= 11 is 0. The van der Waals surface area contributed by atoms with E-state index in [1.807, 2.05) is 0 Å². The minimum atomic E-state index is -1.00. The number of amides is 1. The van der Waals surface area contributed by atoms with Crippen LogP contribution in [0.25, 0.3) is 0 Å². The van der Waals surface area contributed by atoms with Gasteiger partial charge in [0.05, 0.1) is 16.7 Å². The molecule has 0 aliphatic heterocycles. The van der Waals surface area contributed by atoms with Crippen LogP contribution >= 0.6 is 0 Å². The van der Waals surface area contributed by atoms with Crippen molar-refractivity contribution in [3.05, 3.63) is 23.8 Å². The van der Waals surface area contributed by atoms with E-state index in [-0.39, 0.29) is 12.5 Å². The van der Waals surface area contributed by atoms with Crippen LogP contribution in [0.4, 0.5) is 0 Å². The van der Waals surface area contributed by atoms with Crippen LogP contribution < -0.4 is 5.32 Å². The Morgan fingerprint density at radius 1 is 1.47 bits per heavy atom.